The number of nitrogens with zero attached hydrogens (tertiary/aromatic N) is 3. The van der Waals surface area contributed by atoms with Gasteiger partial charge < -0.3 is 14.2 Å². The summed E-state index contributed by atoms with van der Waals surface area (Å²) in [5, 5.41) is 3.98. The van der Waals surface area contributed by atoms with E-state index in [0.29, 0.717) is 31.9 Å². The molecule has 1 aliphatic rings. The lowest BCUT2D eigenvalue weighted by Gasteiger charge is -2.18. The van der Waals surface area contributed by atoms with Crippen molar-refractivity contribution in [2.75, 3.05) is 13.2 Å². The maximum absolute atomic E-state index is 13.9. The van der Waals surface area contributed by atoms with E-state index in [1.54, 1.807) is 23.1 Å². The second kappa shape index (κ2) is 7.80. The van der Waals surface area contributed by atoms with Gasteiger partial charge in [-0.15, -0.1) is 0 Å². The van der Waals surface area contributed by atoms with E-state index in [0.717, 1.165) is 11.3 Å². The van der Waals surface area contributed by atoms with Gasteiger partial charge in [-0.3, -0.25) is 4.79 Å². The predicted octanol–water partition coefficient (Wildman–Crippen LogP) is 3.79. The van der Waals surface area contributed by atoms with E-state index in [1.165, 1.54) is 6.07 Å². The van der Waals surface area contributed by atoms with Crippen LogP contribution in [0, 0.1) is 5.82 Å². The van der Waals surface area contributed by atoms with Gasteiger partial charge >= 0.3 is 0 Å². The third-order valence-electron chi connectivity index (χ3n) is 4.76. The van der Waals surface area contributed by atoms with E-state index in [9.17, 15) is 9.18 Å². The minimum Gasteiger partial charge on any atom is -0.494 e. The van der Waals surface area contributed by atoms with Crippen molar-refractivity contribution < 1.29 is 18.4 Å². The molecule has 1 aromatic heterocycles. The number of benzene rings is 2. The molecular formula is C21H20FN3O3. The summed E-state index contributed by atoms with van der Waals surface area (Å²) in [7, 11) is 0. The maximum atomic E-state index is 13.9. The first-order chi connectivity index (χ1) is 13.7. The number of likely N-dealkylation sites (tertiary alicyclic amines) is 1. The summed E-state index contributed by atoms with van der Waals surface area (Å²) in [6.45, 7) is 3.44. The molecule has 0 spiro atoms. The molecule has 6 nitrogen and oxygen atoms in total. The molecule has 1 atom stereocenters. The second-order valence-electron chi connectivity index (χ2n) is 6.65. The maximum Gasteiger partial charge on any atom is 0.260 e. The van der Waals surface area contributed by atoms with E-state index < -0.39 is 5.82 Å². The fourth-order valence-corrected chi connectivity index (χ4v) is 3.38. The van der Waals surface area contributed by atoms with Crippen molar-refractivity contribution in [1.82, 2.24) is 15.0 Å². The Balaban J connectivity index is 1.49. The summed E-state index contributed by atoms with van der Waals surface area (Å²) in [6, 6.07) is 13.9. The van der Waals surface area contributed by atoms with Crippen LogP contribution in [-0.4, -0.2) is 34.1 Å². The Kier molecular flexibility index (Phi) is 5.06. The van der Waals surface area contributed by atoms with Gasteiger partial charge in [0.05, 0.1) is 12.2 Å². The number of rotatable bonds is 6. The molecule has 0 saturated carbocycles. The third-order valence-corrected chi connectivity index (χ3v) is 4.76. The fraction of sp³-hybridized carbons (Fsp3) is 0.286. The topological polar surface area (TPSA) is 68.5 Å². The van der Waals surface area contributed by atoms with E-state index in [4.69, 9.17) is 9.26 Å². The molecule has 2 aromatic carbocycles. The van der Waals surface area contributed by atoms with Crippen LogP contribution in [0.25, 0.3) is 11.5 Å². The largest absolute Gasteiger partial charge is 0.494 e. The highest BCUT2D eigenvalue weighted by Gasteiger charge is 2.34. The molecule has 1 amide bonds. The van der Waals surface area contributed by atoms with Crippen molar-refractivity contribution >= 4 is 5.91 Å². The smallest absolute Gasteiger partial charge is 0.260 e. The first-order valence-electron chi connectivity index (χ1n) is 9.22. The summed E-state index contributed by atoms with van der Waals surface area (Å²) < 4.78 is 24.8. The highest BCUT2D eigenvalue weighted by atomic mass is 19.1. The Morgan fingerprint density at radius 1 is 1.21 bits per heavy atom. The molecule has 0 bridgehead atoms. The average molecular weight is 381 g/mol. The van der Waals surface area contributed by atoms with Crippen molar-refractivity contribution in [3.05, 3.63) is 65.7 Å². The standard InChI is InChI=1S/C21H20FN3O3/c1-2-27-18-10-6-3-7-14(18)12-25-13-15(11-19(25)26)20-23-21(28-24-20)16-8-4-5-9-17(16)22/h3-10,15H,2,11-13H2,1H3. The van der Waals surface area contributed by atoms with Crippen LogP contribution in [0.4, 0.5) is 4.39 Å². The number of halogens is 1. The molecule has 0 aliphatic carbocycles. The molecule has 1 saturated heterocycles. The van der Waals surface area contributed by atoms with Gasteiger partial charge in [-0.1, -0.05) is 35.5 Å². The zero-order chi connectivity index (χ0) is 19.5. The molecule has 1 aliphatic heterocycles. The molecule has 2 heterocycles. The molecule has 0 radical (unpaired) electrons. The van der Waals surface area contributed by atoms with E-state index >= 15 is 0 Å². The predicted molar refractivity (Wildman–Crippen MR) is 100 cm³/mol. The van der Waals surface area contributed by atoms with Gasteiger partial charge in [-0.2, -0.15) is 4.98 Å². The summed E-state index contributed by atoms with van der Waals surface area (Å²) in [5.74, 6) is 0.745. The molecule has 1 unspecified atom stereocenters. The number of carbonyl (C=O) groups excluding carboxylic acids is 1. The number of amides is 1. The lowest BCUT2D eigenvalue weighted by Crippen LogP contribution is -2.24. The molecule has 0 N–H and O–H groups in total. The normalized spacial score (nSPS) is 16.6. The highest BCUT2D eigenvalue weighted by molar-refractivity contribution is 5.79. The fourth-order valence-electron chi connectivity index (χ4n) is 3.38. The van der Waals surface area contributed by atoms with Crippen molar-refractivity contribution in [2.24, 2.45) is 0 Å². The van der Waals surface area contributed by atoms with Crippen LogP contribution >= 0.6 is 0 Å². The molecule has 3 aromatic rings. The van der Waals surface area contributed by atoms with Crippen molar-refractivity contribution in [3.63, 3.8) is 0 Å². The monoisotopic (exact) mass is 381 g/mol. The number of carbonyl (C=O) groups is 1. The van der Waals surface area contributed by atoms with Crippen LogP contribution in [0.5, 0.6) is 5.75 Å². The van der Waals surface area contributed by atoms with Crippen LogP contribution in [0.2, 0.25) is 0 Å². The summed E-state index contributed by atoms with van der Waals surface area (Å²) in [5.41, 5.74) is 1.21. The molecule has 7 heteroatoms. The average Bonchev–Trinajstić information content (AvgIpc) is 3.31. The van der Waals surface area contributed by atoms with E-state index in [1.807, 2.05) is 31.2 Å². The quantitative estimate of drug-likeness (QED) is 0.650. The number of hydrogen-bond acceptors (Lipinski definition) is 5. The van der Waals surface area contributed by atoms with Crippen molar-refractivity contribution in [3.8, 4) is 17.2 Å². The van der Waals surface area contributed by atoms with Crippen LogP contribution < -0.4 is 4.74 Å². The molecular weight excluding hydrogens is 361 g/mol. The van der Waals surface area contributed by atoms with Gasteiger partial charge in [-0.05, 0) is 25.1 Å². The van der Waals surface area contributed by atoms with Gasteiger partial charge in [-0.25, -0.2) is 4.39 Å². The van der Waals surface area contributed by atoms with E-state index in [-0.39, 0.29) is 23.3 Å². The Labute approximate surface area is 161 Å². The number of ether oxygens (including phenoxy) is 1. The van der Waals surface area contributed by atoms with Crippen molar-refractivity contribution in [2.45, 2.75) is 25.8 Å². The lowest BCUT2D eigenvalue weighted by molar-refractivity contribution is -0.128. The van der Waals surface area contributed by atoms with Crippen LogP contribution in [0.15, 0.2) is 53.1 Å². The first kappa shape index (κ1) is 18.2. The van der Waals surface area contributed by atoms with Crippen LogP contribution in [0.3, 0.4) is 0 Å². The van der Waals surface area contributed by atoms with Gasteiger partial charge in [0.2, 0.25) is 5.91 Å². The summed E-state index contributed by atoms with van der Waals surface area (Å²) in [4.78, 5) is 18.6. The minimum absolute atomic E-state index is 0.0218. The number of aromatic nitrogens is 2. The zero-order valence-electron chi connectivity index (χ0n) is 15.5. The Morgan fingerprint density at radius 2 is 2.00 bits per heavy atom. The Morgan fingerprint density at radius 3 is 2.82 bits per heavy atom. The van der Waals surface area contributed by atoms with Crippen LogP contribution in [-0.2, 0) is 11.3 Å². The van der Waals surface area contributed by atoms with Gasteiger partial charge in [0, 0.05) is 31.0 Å². The number of hydrogen-bond donors (Lipinski definition) is 0. The molecule has 144 valence electrons. The van der Waals surface area contributed by atoms with Crippen LogP contribution in [0.1, 0.15) is 30.7 Å². The van der Waals surface area contributed by atoms with Gasteiger partial charge in [0.25, 0.3) is 5.89 Å². The highest BCUT2D eigenvalue weighted by Crippen LogP contribution is 2.31. The molecule has 1 fully saturated rings. The SMILES string of the molecule is CCOc1ccccc1CN1CC(c2noc(-c3ccccc3F)n2)CC1=O. The number of para-hydroxylation sites is 1. The Hall–Kier alpha value is -3.22. The van der Waals surface area contributed by atoms with Gasteiger partial charge in [0.15, 0.2) is 5.82 Å². The minimum atomic E-state index is -0.422. The first-order valence-corrected chi connectivity index (χ1v) is 9.22. The summed E-state index contributed by atoms with van der Waals surface area (Å²) in [6.07, 6.45) is 0.299. The molecule has 28 heavy (non-hydrogen) atoms. The van der Waals surface area contributed by atoms with Crippen molar-refractivity contribution in [1.29, 1.82) is 0 Å². The molecule has 4 rings (SSSR count). The van der Waals surface area contributed by atoms with Gasteiger partial charge in [0.1, 0.15) is 11.6 Å². The summed E-state index contributed by atoms with van der Waals surface area (Å²) >= 11 is 0. The Bertz CT molecular complexity index is 988. The van der Waals surface area contributed by atoms with E-state index in [2.05, 4.69) is 10.1 Å². The third kappa shape index (κ3) is 3.60. The lowest BCUT2D eigenvalue weighted by atomic mass is 10.1. The second-order valence-corrected chi connectivity index (χ2v) is 6.65. The zero-order valence-corrected chi connectivity index (χ0v) is 15.5.